The number of hydrogen-bond acceptors (Lipinski definition) is 4. The number of thiophene rings is 1. The van der Waals surface area contributed by atoms with Crippen molar-refractivity contribution in [2.24, 2.45) is 0 Å². The average Bonchev–Trinajstić information content (AvgIpc) is 2.85. The molecule has 1 heterocycles. The third-order valence-electron chi connectivity index (χ3n) is 3.44. The van der Waals surface area contributed by atoms with Crippen LogP contribution in [0.4, 0.5) is 5.69 Å². The molecule has 0 saturated carbocycles. The molecule has 1 aromatic heterocycles. The number of benzene rings is 1. The molecule has 0 saturated heterocycles. The van der Waals surface area contributed by atoms with Crippen molar-refractivity contribution < 1.29 is 9.53 Å². The van der Waals surface area contributed by atoms with E-state index in [9.17, 15) is 4.79 Å². The van der Waals surface area contributed by atoms with Gasteiger partial charge in [-0.2, -0.15) is 0 Å². The van der Waals surface area contributed by atoms with E-state index in [1.807, 2.05) is 6.07 Å². The quantitative estimate of drug-likeness (QED) is 0.643. The van der Waals surface area contributed by atoms with Gasteiger partial charge in [0.1, 0.15) is 0 Å². The maximum Gasteiger partial charge on any atom is 0.305 e. The van der Waals surface area contributed by atoms with Crippen LogP contribution in [-0.4, -0.2) is 13.1 Å². The summed E-state index contributed by atoms with van der Waals surface area (Å²) in [5, 5.41) is 0. The zero-order valence-corrected chi connectivity index (χ0v) is 13.3. The molecule has 1 aromatic carbocycles. The summed E-state index contributed by atoms with van der Waals surface area (Å²) in [6.45, 7) is 2.08. The number of nitrogen functional groups attached to an aromatic ring is 1. The molecule has 0 fully saturated rings. The fourth-order valence-electron chi connectivity index (χ4n) is 2.16. The first kappa shape index (κ1) is 15.6. The second-order valence-electron chi connectivity index (χ2n) is 5.14. The number of rotatable bonds is 6. The number of carbonyl (C=O) groups is 1. The minimum Gasteiger partial charge on any atom is -0.469 e. The lowest BCUT2D eigenvalue weighted by Gasteiger charge is -2.00. The van der Waals surface area contributed by atoms with Gasteiger partial charge in [0.15, 0.2) is 0 Å². The van der Waals surface area contributed by atoms with Crippen LogP contribution in [0.25, 0.3) is 10.4 Å². The standard InChI is InChI=1S/C17H21NO2S/c1-12-7-9-13(10-8-12)16-11-14(18)15(21-16)5-3-4-6-17(19)20-2/h7-11H,3-6,18H2,1-2H3. The number of aryl methyl sites for hydroxylation is 2. The van der Waals surface area contributed by atoms with Gasteiger partial charge in [0.25, 0.3) is 0 Å². The first-order valence-corrected chi connectivity index (χ1v) is 7.94. The van der Waals surface area contributed by atoms with Crippen LogP contribution < -0.4 is 5.73 Å². The molecule has 2 rings (SSSR count). The first-order valence-electron chi connectivity index (χ1n) is 7.12. The largest absolute Gasteiger partial charge is 0.469 e. The molecule has 3 nitrogen and oxygen atoms in total. The Morgan fingerprint density at radius 1 is 1.24 bits per heavy atom. The molecule has 0 bridgehead atoms. The van der Waals surface area contributed by atoms with Crippen molar-refractivity contribution >= 4 is 23.0 Å². The Kier molecular flexibility index (Phi) is 5.39. The van der Waals surface area contributed by atoms with Crippen LogP contribution in [0, 0.1) is 6.92 Å². The molecule has 2 aromatic rings. The van der Waals surface area contributed by atoms with E-state index in [0.29, 0.717) is 6.42 Å². The summed E-state index contributed by atoms with van der Waals surface area (Å²) >= 11 is 1.74. The number of anilines is 1. The van der Waals surface area contributed by atoms with Gasteiger partial charge in [0.05, 0.1) is 7.11 Å². The monoisotopic (exact) mass is 303 g/mol. The molecule has 0 spiro atoms. The van der Waals surface area contributed by atoms with Gasteiger partial charge in [0, 0.05) is 21.9 Å². The van der Waals surface area contributed by atoms with Gasteiger partial charge in [-0.25, -0.2) is 0 Å². The number of ether oxygens (including phenoxy) is 1. The van der Waals surface area contributed by atoms with E-state index in [1.54, 1.807) is 11.3 Å². The average molecular weight is 303 g/mol. The predicted molar refractivity (Wildman–Crippen MR) is 88.5 cm³/mol. The van der Waals surface area contributed by atoms with Gasteiger partial charge in [-0.1, -0.05) is 29.8 Å². The Bertz CT molecular complexity index is 602. The zero-order valence-electron chi connectivity index (χ0n) is 12.5. The van der Waals surface area contributed by atoms with Crippen LogP contribution in [0.1, 0.15) is 29.7 Å². The number of methoxy groups -OCH3 is 1. The van der Waals surface area contributed by atoms with Gasteiger partial charge in [0.2, 0.25) is 0 Å². The number of esters is 1. The summed E-state index contributed by atoms with van der Waals surface area (Å²) in [5.74, 6) is -0.144. The van der Waals surface area contributed by atoms with Crippen LogP contribution in [-0.2, 0) is 16.0 Å². The molecule has 0 unspecified atom stereocenters. The number of carbonyl (C=O) groups excluding carboxylic acids is 1. The van der Waals surface area contributed by atoms with Gasteiger partial charge in [-0.05, 0) is 37.8 Å². The highest BCUT2D eigenvalue weighted by atomic mass is 32.1. The maximum atomic E-state index is 11.1. The Morgan fingerprint density at radius 3 is 2.62 bits per heavy atom. The Labute approximate surface area is 129 Å². The van der Waals surface area contributed by atoms with Crippen molar-refractivity contribution in [2.45, 2.75) is 32.6 Å². The lowest BCUT2D eigenvalue weighted by molar-refractivity contribution is -0.140. The molecule has 0 aliphatic carbocycles. The normalized spacial score (nSPS) is 10.6. The third kappa shape index (κ3) is 4.33. The number of nitrogens with two attached hydrogens (primary N) is 1. The summed E-state index contributed by atoms with van der Waals surface area (Å²) < 4.78 is 4.64. The van der Waals surface area contributed by atoms with E-state index in [0.717, 1.165) is 24.9 Å². The molecular formula is C17H21NO2S. The fraction of sp³-hybridized carbons (Fsp3) is 0.353. The number of unbranched alkanes of at least 4 members (excludes halogenated alkanes) is 1. The zero-order chi connectivity index (χ0) is 15.2. The van der Waals surface area contributed by atoms with Crippen molar-refractivity contribution in [2.75, 3.05) is 12.8 Å². The van der Waals surface area contributed by atoms with Crippen molar-refractivity contribution in [3.63, 3.8) is 0 Å². The maximum absolute atomic E-state index is 11.1. The summed E-state index contributed by atoms with van der Waals surface area (Å²) in [6.07, 6.45) is 3.18. The van der Waals surface area contributed by atoms with E-state index in [-0.39, 0.29) is 5.97 Å². The molecule has 0 aliphatic heterocycles. The van der Waals surface area contributed by atoms with Crippen LogP contribution in [0.2, 0.25) is 0 Å². The lowest BCUT2D eigenvalue weighted by atomic mass is 10.1. The van der Waals surface area contributed by atoms with Crippen LogP contribution >= 0.6 is 11.3 Å². The van der Waals surface area contributed by atoms with E-state index >= 15 is 0 Å². The highest BCUT2D eigenvalue weighted by Crippen LogP contribution is 2.34. The minimum absolute atomic E-state index is 0.144. The second kappa shape index (κ2) is 7.27. The second-order valence-corrected chi connectivity index (χ2v) is 6.28. The van der Waals surface area contributed by atoms with Crippen LogP contribution in [0.5, 0.6) is 0 Å². The van der Waals surface area contributed by atoms with Crippen molar-refractivity contribution in [3.05, 3.63) is 40.8 Å². The summed E-state index contributed by atoms with van der Waals surface area (Å²) in [6, 6.07) is 10.5. The molecule has 0 amide bonds. The third-order valence-corrected chi connectivity index (χ3v) is 4.70. The van der Waals surface area contributed by atoms with E-state index in [2.05, 4.69) is 35.9 Å². The molecular weight excluding hydrogens is 282 g/mol. The Morgan fingerprint density at radius 2 is 1.95 bits per heavy atom. The van der Waals surface area contributed by atoms with Gasteiger partial charge in [-0.15, -0.1) is 11.3 Å². The van der Waals surface area contributed by atoms with Crippen molar-refractivity contribution in [1.82, 2.24) is 0 Å². The van der Waals surface area contributed by atoms with Crippen LogP contribution in [0.15, 0.2) is 30.3 Å². The topological polar surface area (TPSA) is 52.3 Å². The highest BCUT2D eigenvalue weighted by Gasteiger charge is 2.08. The molecule has 0 atom stereocenters. The van der Waals surface area contributed by atoms with E-state index in [1.165, 1.54) is 28.0 Å². The van der Waals surface area contributed by atoms with Gasteiger partial charge >= 0.3 is 5.97 Å². The highest BCUT2D eigenvalue weighted by molar-refractivity contribution is 7.16. The van der Waals surface area contributed by atoms with Gasteiger partial charge < -0.3 is 10.5 Å². The smallest absolute Gasteiger partial charge is 0.305 e. The van der Waals surface area contributed by atoms with Crippen molar-refractivity contribution in [1.29, 1.82) is 0 Å². The van der Waals surface area contributed by atoms with Crippen LogP contribution in [0.3, 0.4) is 0 Å². The summed E-state index contributed by atoms with van der Waals surface area (Å²) in [4.78, 5) is 13.5. The molecule has 2 N–H and O–H groups in total. The van der Waals surface area contributed by atoms with E-state index < -0.39 is 0 Å². The SMILES string of the molecule is COC(=O)CCCCc1sc(-c2ccc(C)cc2)cc1N. The summed E-state index contributed by atoms with van der Waals surface area (Å²) in [7, 11) is 1.42. The minimum atomic E-state index is -0.144. The van der Waals surface area contributed by atoms with Gasteiger partial charge in [-0.3, -0.25) is 4.79 Å². The Balaban J connectivity index is 1.96. The molecule has 4 heteroatoms. The number of hydrogen-bond donors (Lipinski definition) is 1. The Hall–Kier alpha value is -1.81. The summed E-state index contributed by atoms with van der Waals surface area (Å²) in [5.41, 5.74) is 9.41. The van der Waals surface area contributed by atoms with E-state index in [4.69, 9.17) is 5.73 Å². The first-order chi connectivity index (χ1) is 10.1. The molecule has 112 valence electrons. The lowest BCUT2D eigenvalue weighted by Crippen LogP contribution is -1.99. The molecule has 0 radical (unpaired) electrons. The molecule has 0 aliphatic rings. The molecule has 21 heavy (non-hydrogen) atoms. The van der Waals surface area contributed by atoms with Crippen molar-refractivity contribution in [3.8, 4) is 10.4 Å². The predicted octanol–water partition coefficient (Wildman–Crippen LogP) is 4.19. The fourth-order valence-corrected chi connectivity index (χ4v) is 3.28.